The maximum atomic E-state index is 13.0. The Hall–Kier alpha value is -1.13. The average molecular weight is 212 g/mol. The van der Waals surface area contributed by atoms with E-state index < -0.39 is 0 Å². The Balaban J connectivity index is 2.54. The molecule has 0 saturated heterocycles. The van der Waals surface area contributed by atoms with Crippen LogP contribution in [0.15, 0.2) is 18.2 Å². The fourth-order valence-electron chi connectivity index (χ4n) is 1.38. The second-order valence-electron chi connectivity index (χ2n) is 3.24. The van der Waals surface area contributed by atoms with Crippen LogP contribution in [0.2, 0.25) is 0 Å². The van der Waals surface area contributed by atoms with Crippen molar-refractivity contribution in [3.63, 3.8) is 0 Å². The van der Waals surface area contributed by atoms with Gasteiger partial charge in [0.15, 0.2) is 0 Å². The largest absolute Gasteiger partial charge is 0.496 e. The van der Waals surface area contributed by atoms with Crippen LogP contribution >= 0.6 is 0 Å². The molecule has 0 aromatic heterocycles. The Morgan fingerprint density at radius 3 is 2.87 bits per heavy atom. The summed E-state index contributed by atoms with van der Waals surface area (Å²) in [5, 5.41) is 6.14. The third kappa shape index (κ3) is 3.85. The molecule has 0 aliphatic carbocycles. The zero-order valence-electron chi connectivity index (χ0n) is 9.14. The first-order valence-electron chi connectivity index (χ1n) is 4.95. The summed E-state index contributed by atoms with van der Waals surface area (Å²) in [7, 11) is 3.47. The first-order valence-corrected chi connectivity index (χ1v) is 4.95. The van der Waals surface area contributed by atoms with Crippen LogP contribution in [0.4, 0.5) is 4.39 Å². The third-order valence-corrected chi connectivity index (χ3v) is 2.12. The van der Waals surface area contributed by atoms with Crippen molar-refractivity contribution in [2.24, 2.45) is 0 Å². The highest BCUT2D eigenvalue weighted by molar-refractivity contribution is 5.34. The molecule has 1 rings (SSSR count). The molecule has 84 valence electrons. The molecule has 2 N–H and O–H groups in total. The highest BCUT2D eigenvalue weighted by Gasteiger charge is 2.03. The number of halogens is 1. The summed E-state index contributed by atoms with van der Waals surface area (Å²) in [6.07, 6.45) is 0.753. The molecular formula is C11H17FN2O. The van der Waals surface area contributed by atoms with Crippen LogP contribution in [-0.2, 0) is 6.42 Å². The molecule has 15 heavy (non-hydrogen) atoms. The zero-order valence-corrected chi connectivity index (χ0v) is 9.14. The van der Waals surface area contributed by atoms with Gasteiger partial charge in [0.25, 0.3) is 0 Å². The van der Waals surface area contributed by atoms with E-state index in [1.807, 2.05) is 7.05 Å². The quantitative estimate of drug-likeness (QED) is 0.548. The highest BCUT2D eigenvalue weighted by atomic mass is 19.1. The number of methoxy groups -OCH3 is 1. The van der Waals surface area contributed by atoms with Crippen molar-refractivity contribution < 1.29 is 9.13 Å². The second kappa shape index (κ2) is 6.37. The first-order chi connectivity index (χ1) is 7.27. The molecule has 3 nitrogen and oxygen atoms in total. The van der Waals surface area contributed by atoms with Crippen molar-refractivity contribution in [1.29, 1.82) is 0 Å². The van der Waals surface area contributed by atoms with E-state index in [9.17, 15) is 4.39 Å². The molecule has 0 amide bonds. The van der Waals surface area contributed by atoms with Gasteiger partial charge < -0.3 is 15.4 Å². The predicted molar refractivity (Wildman–Crippen MR) is 58.6 cm³/mol. The van der Waals surface area contributed by atoms with Crippen LogP contribution in [0.3, 0.4) is 0 Å². The topological polar surface area (TPSA) is 33.3 Å². The number of hydrogen-bond donors (Lipinski definition) is 2. The molecule has 0 bridgehead atoms. The van der Waals surface area contributed by atoms with Crippen LogP contribution in [0.1, 0.15) is 5.56 Å². The molecular weight excluding hydrogens is 195 g/mol. The number of rotatable bonds is 6. The first kappa shape index (κ1) is 11.9. The van der Waals surface area contributed by atoms with Gasteiger partial charge in [0.1, 0.15) is 11.6 Å². The summed E-state index contributed by atoms with van der Waals surface area (Å²) >= 11 is 0. The minimum Gasteiger partial charge on any atom is -0.496 e. The standard InChI is InChI=1S/C11H17FN2O/c1-13-8-14-6-5-9-7-10(12)3-4-11(9)15-2/h3-4,7,13-14H,5-6,8H2,1-2H3. The highest BCUT2D eigenvalue weighted by Crippen LogP contribution is 2.19. The molecule has 0 aliphatic rings. The normalized spacial score (nSPS) is 10.3. The van der Waals surface area contributed by atoms with E-state index in [1.165, 1.54) is 12.1 Å². The van der Waals surface area contributed by atoms with E-state index in [1.54, 1.807) is 13.2 Å². The van der Waals surface area contributed by atoms with Gasteiger partial charge in [0, 0.05) is 13.2 Å². The molecule has 4 heteroatoms. The molecule has 0 radical (unpaired) electrons. The summed E-state index contributed by atoms with van der Waals surface area (Å²) < 4.78 is 18.1. The van der Waals surface area contributed by atoms with E-state index in [0.29, 0.717) is 0 Å². The lowest BCUT2D eigenvalue weighted by molar-refractivity contribution is 0.407. The number of ether oxygens (including phenoxy) is 1. The minimum absolute atomic E-state index is 0.223. The van der Waals surface area contributed by atoms with Crippen LogP contribution < -0.4 is 15.4 Å². The molecule has 1 aromatic carbocycles. The predicted octanol–water partition coefficient (Wildman–Crippen LogP) is 1.14. The molecule has 0 atom stereocenters. The van der Waals surface area contributed by atoms with Crippen LogP contribution in [0, 0.1) is 5.82 Å². The van der Waals surface area contributed by atoms with Crippen molar-refractivity contribution in [2.75, 3.05) is 27.4 Å². The zero-order chi connectivity index (χ0) is 11.1. The third-order valence-electron chi connectivity index (χ3n) is 2.12. The lowest BCUT2D eigenvalue weighted by atomic mass is 10.1. The van der Waals surface area contributed by atoms with Crippen molar-refractivity contribution in [2.45, 2.75) is 6.42 Å². The van der Waals surface area contributed by atoms with Gasteiger partial charge in [-0.1, -0.05) is 0 Å². The molecule has 0 fully saturated rings. The van der Waals surface area contributed by atoms with E-state index >= 15 is 0 Å². The number of benzene rings is 1. The minimum atomic E-state index is -0.223. The summed E-state index contributed by atoms with van der Waals surface area (Å²) in [5.41, 5.74) is 0.890. The van der Waals surface area contributed by atoms with Crippen LogP contribution in [0.25, 0.3) is 0 Å². The van der Waals surface area contributed by atoms with Crippen LogP contribution in [-0.4, -0.2) is 27.4 Å². The Morgan fingerprint density at radius 2 is 2.20 bits per heavy atom. The number of hydrogen-bond acceptors (Lipinski definition) is 3. The summed E-state index contributed by atoms with van der Waals surface area (Å²) in [6.45, 7) is 1.54. The average Bonchev–Trinajstić information content (AvgIpc) is 2.25. The van der Waals surface area contributed by atoms with Gasteiger partial charge in [-0.2, -0.15) is 0 Å². The second-order valence-corrected chi connectivity index (χ2v) is 3.24. The van der Waals surface area contributed by atoms with E-state index in [-0.39, 0.29) is 5.82 Å². The van der Waals surface area contributed by atoms with Crippen molar-refractivity contribution in [3.8, 4) is 5.75 Å². The summed E-state index contributed by atoms with van der Waals surface area (Å²) in [5.74, 6) is 0.516. The summed E-state index contributed by atoms with van der Waals surface area (Å²) in [4.78, 5) is 0. The molecule has 0 unspecified atom stereocenters. The lowest BCUT2D eigenvalue weighted by Crippen LogP contribution is -2.27. The fraction of sp³-hybridized carbons (Fsp3) is 0.455. The maximum absolute atomic E-state index is 13.0. The van der Waals surface area contributed by atoms with Crippen molar-refractivity contribution >= 4 is 0 Å². The smallest absolute Gasteiger partial charge is 0.123 e. The Morgan fingerprint density at radius 1 is 1.40 bits per heavy atom. The molecule has 1 aromatic rings. The number of nitrogens with one attached hydrogen (secondary N) is 2. The van der Waals surface area contributed by atoms with Crippen LogP contribution in [0.5, 0.6) is 5.75 Å². The van der Waals surface area contributed by atoms with Gasteiger partial charge in [-0.15, -0.1) is 0 Å². The Kier molecular flexibility index (Phi) is 5.07. The fourth-order valence-corrected chi connectivity index (χ4v) is 1.38. The maximum Gasteiger partial charge on any atom is 0.123 e. The summed E-state index contributed by atoms with van der Waals surface area (Å²) in [6, 6.07) is 4.58. The van der Waals surface area contributed by atoms with Crippen molar-refractivity contribution in [1.82, 2.24) is 10.6 Å². The van der Waals surface area contributed by atoms with E-state index in [2.05, 4.69) is 10.6 Å². The van der Waals surface area contributed by atoms with E-state index in [4.69, 9.17) is 4.74 Å². The van der Waals surface area contributed by atoms with Gasteiger partial charge in [-0.05, 0) is 37.2 Å². The molecule has 0 aliphatic heterocycles. The molecule has 0 heterocycles. The van der Waals surface area contributed by atoms with E-state index in [0.717, 1.165) is 30.9 Å². The van der Waals surface area contributed by atoms with Gasteiger partial charge in [-0.3, -0.25) is 0 Å². The Labute approximate surface area is 89.6 Å². The van der Waals surface area contributed by atoms with Gasteiger partial charge in [-0.25, -0.2) is 4.39 Å². The van der Waals surface area contributed by atoms with Gasteiger partial charge >= 0.3 is 0 Å². The SMILES string of the molecule is CNCNCCc1cc(F)ccc1OC. The Bertz CT molecular complexity index is 305. The molecule has 0 saturated carbocycles. The molecule has 0 spiro atoms. The lowest BCUT2D eigenvalue weighted by Gasteiger charge is -2.09. The van der Waals surface area contributed by atoms with Gasteiger partial charge in [0.2, 0.25) is 0 Å². The van der Waals surface area contributed by atoms with Crippen molar-refractivity contribution in [3.05, 3.63) is 29.6 Å². The van der Waals surface area contributed by atoms with Gasteiger partial charge in [0.05, 0.1) is 7.11 Å². The monoisotopic (exact) mass is 212 g/mol.